The van der Waals surface area contributed by atoms with Gasteiger partial charge in [-0.15, -0.1) is 0 Å². The number of aliphatic hydroxyl groups is 1. The fraction of sp³-hybridized carbons (Fsp3) is 0.424. The average Bonchev–Trinajstić information content (AvgIpc) is 3.07. The maximum atomic E-state index is 13.2. The largest absolute Gasteiger partial charge is 1.00 e. The molecule has 0 fully saturated rings. The van der Waals surface area contributed by atoms with Crippen LogP contribution in [0.2, 0.25) is 0 Å². The number of nitro benzene ring substituents is 2. The monoisotopic (exact) mass is 1030 g/mol. The average molecular weight is 1030 g/mol. The van der Waals surface area contributed by atoms with E-state index in [4.69, 9.17) is 30.4 Å². The smallest absolute Gasteiger partial charge is 1.00 e. The van der Waals surface area contributed by atoms with Crippen LogP contribution in [0.25, 0.3) is 0 Å². The van der Waals surface area contributed by atoms with Crippen molar-refractivity contribution in [3.05, 3.63) is 98.1 Å². The predicted molar refractivity (Wildman–Crippen MR) is 190 cm³/mol. The predicted octanol–water partition coefficient (Wildman–Crippen LogP) is -1.98. The Bertz CT molecular complexity index is 1480. The number of ether oxygens (including phenoxy) is 2. The van der Waals surface area contributed by atoms with E-state index < -0.39 is 44.5 Å². The molecule has 3 N–H and O–H groups in total. The fourth-order valence-electron chi connectivity index (χ4n) is 2.84. The van der Waals surface area contributed by atoms with E-state index in [2.05, 4.69) is 4.89 Å². The molecule has 0 saturated heterocycles. The third-order valence-corrected chi connectivity index (χ3v) is 5.40. The van der Waals surface area contributed by atoms with Crippen molar-refractivity contribution < 1.29 is 196 Å². The van der Waals surface area contributed by atoms with Gasteiger partial charge in [0.2, 0.25) is 11.6 Å². The molecule has 3 aromatic rings. The first kappa shape index (κ1) is 63.1. The first-order valence-electron chi connectivity index (χ1n) is 15.5. The van der Waals surface area contributed by atoms with Crippen molar-refractivity contribution in [2.45, 2.75) is 13.8 Å². The molecule has 0 aliphatic heterocycles. The third-order valence-electron chi connectivity index (χ3n) is 5.40. The Labute approximate surface area is 438 Å². The van der Waals surface area contributed by atoms with Crippen LogP contribution >= 0.6 is 0 Å². The zero-order valence-electron chi connectivity index (χ0n) is 34.0. The van der Waals surface area contributed by atoms with Crippen LogP contribution in [-0.4, -0.2) is 118 Å². The molecule has 3 rings (SSSR count). The van der Waals surface area contributed by atoms with Crippen LogP contribution in [0.15, 0.2) is 54.6 Å². The summed E-state index contributed by atoms with van der Waals surface area (Å²) in [5, 5.41) is 37.0. The van der Waals surface area contributed by atoms with E-state index in [0.717, 1.165) is 37.4 Å². The number of rotatable bonds is 13. The van der Waals surface area contributed by atoms with E-state index in [1.54, 1.807) is 6.07 Å². The van der Waals surface area contributed by atoms with Crippen molar-refractivity contribution in [1.29, 1.82) is 0 Å². The maximum absolute atomic E-state index is 13.2. The number of nitrogens with zero attached hydrogens (tertiary/aromatic N) is 5. The van der Waals surface area contributed by atoms with Gasteiger partial charge in [0, 0.05) is 50.0 Å². The first-order chi connectivity index (χ1) is 24.9. The standard InChI is InChI=1S/C10H13FN2O3.C10H15FN2O.C6H3F2NO2.C4H11NO.C2H6.CH2O3.2Cs.H/c1-12(2)5-6-16-8-3-4-10(13(14)15)9(11)7-8;1-13(2)5-6-14-8-3-4-10(12)9(11)7-8;7-4-1-2-6(9(10)11)5(8)3-4;1-5(2)3-4-6;1-2;2-1-4-3;;;/h3-4,7H,5-6H2,1-2H3;3-4,7H,5-6,12H2,1-2H3;1-3H;6H,3-4H2,1-2H3;1-2H3;1,3H;;;/q;;;;;;2*+1;-1/p-1. The van der Waals surface area contributed by atoms with Crippen LogP contribution < -0.4 is 158 Å². The quantitative estimate of drug-likeness (QED) is 0.0475. The second-order valence-corrected chi connectivity index (χ2v) is 10.4. The number of anilines is 1. The number of carbonyl (C=O) groups excluding carboxylic acids is 1. The number of nitro groups is 2. The van der Waals surface area contributed by atoms with Gasteiger partial charge in [0.05, 0.1) is 22.1 Å². The van der Waals surface area contributed by atoms with Crippen LogP contribution in [0.5, 0.6) is 11.5 Å². The molecule has 0 saturated carbocycles. The van der Waals surface area contributed by atoms with Gasteiger partial charge in [0.15, 0.2) is 0 Å². The van der Waals surface area contributed by atoms with Gasteiger partial charge in [-0.3, -0.25) is 25.0 Å². The minimum Gasteiger partial charge on any atom is -1.00 e. The summed E-state index contributed by atoms with van der Waals surface area (Å²) in [7, 11) is 11.5. The van der Waals surface area contributed by atoms with Crippen molar-refractivity contribution >= 4 is 23.5 Å². The number of likely N-dealkylation sites (N-methyl/N-ethyl adjacent to an activating group) is 3. The van der Waals surface area contributed by atoms with Crippen molar-refractivity contribution in [3.63, 3.8) is 0 Å². The summed E-state index contributed by atoms with van der Waals surface area (Å²) in [6.07, 6.45) is 0. The summed E-state index contributed by atoms with van der Waals surface area (Å²) in [6.45, 7) is 7.28. The molecule has 0 aliphatic carbocycles. The number of aliphatic hydroxyl groups excluding tert-OH is 1. The van der Waals surface area contributed by atoms with E-state index in [9.17, 15) is 37.8 Å². The van der Waals surface area contributed by atoms with Crippen molar-refractivity contribution in [3.8, 4) is 11.5 Å². The van der Waals surface area contributed by atoms with E-state index in [0.29, 0.717) is 37.3 Å². The minimum atomic E-state index is -1.16. The Hall–Kier alpha value is -1.05. The molecule has 55 heavy (non-hydrogen) atoms. The molecule has 0 atom stereocenters. The third kappa shape index (κ3) is 35.8. The molecule has 0 aliphatic rings. The molecule has 0 aromatic heterocycles. The molecule has 3 aromatic carbocycles. The number of nitrogens with two attached hydrogens (primary N) is 1. The summed E-state index contributed by atoms with van der Waals surface area (Å²) in [4.78, 5) is 35.8. The Balaban J connectivity index is -0.000000144. The molecule has 0 spiro atoms. The first-order valence-corrected chi connectivity index (χ1v) is 15.5. The molecule has 16 nitrogen and oxygen atoms in total. The molecular weight excluding hydrogens is 982 g/mol. The van der Waals surface area contributed by atoms with Crippen LogP contribution in [0.4, 0.5) is 34.6 Å². The SMILES string of the molecule is CC.CN(C)CCO.CN(C)CCOc1ccc(N)c(F)c1.CN(C)CCOc1ccc([N+](=O)[O-])c(F)c1.O=CO[O-].O=[N+]([O-])c1ccc(F)cc1F.[Cs+].[Cs+].[H-]. The van der Waals surface area contributed by atoms with Gasteiger partial charge in [-0.05, 0) is 66.6 Å². The van der Waals surface area contributed by atoms with Gasteiger partial charge in [-0.1, -0.05) is 13.8 Å². The summed E-state index contributed by atoms with van der Waals surface area (Å²) < 4.78 is 61.2. The van der Waals surface area contributed by atoms with E-state index in [-0.39, 0.29) is 158 Å². The van der Waals surface area contributed by atoms with Crippen LogP contribution in [0.1, 0.15) is 15.3 Å². The van der Waals surface area contributed by atoms with Crippen LogP contribution in [0, 0.1) is 43.5 Å². The normalized spacial score (nSPS) is 9.25. The zero-order chi connectivity index (χ0) is 41.5. The van der Waals surface area contributed by atoms with E-state index in [1.165, 1.54) is 18.2 Å². The zero-order valence-corrected chi connectivity index (χ0v) is 45.5. The van der Waals surface area contributed by atoms with Crippen LogP contribution in [-0.2, 0) is 9.68 Å². The Morgan fingerprint density at radius 3 is 1.36 bits per heavy atom. The number of nitrogen functional groups attached to an aromatic ring is 1. The number of carbonyl (C=O) groups is 1. The van der Waals surface area contributed by atoms with Crippen molar-refractivity contribution in [2.75, 3.05) is 87.5 Å². The number of hydrogen-bond donors (Lipinski definition) is 2. The molecule has 0 amide bonds. The summed E-state index contributed by atoms with van der Waals surface area (Å²) in [5.74, 6) is -2.49. The molecule has 0 radical (unpaired) electrons. The van der Waals surface area contributed by atoms with Gasteiger partial charge in [0.25, 0.3) is 6.47 Å². The summed E-state index contributed by atoms with van der Waals surface area (Å²) in [6, 6.07) is 10.0. The van der Waals surface area contributed by atoms with Crippen molar-refractivity contribution in [2.24, 2.45) is 0 Å². The van der Waals surface area contributed by atoms with Crippen molar-refractivity contribution in [1.82, 2.24) is 14.7 Å². The fourth-order valence-corrected chi connectivity index (χ4v) is 2.84. The topological polar surface area (TPSA) is 210 Å². The summed E-state index contributed by atoms with van der Waals surface area (Å²) >= 11 is 0. The molecule has 0 unspecified atom stereocenters. The number of hydrogen-bond acceptors (Lipinski definition) is 14. The van der Waals surface area contributed by atoms with Gasteiger partial charge in [0.1, 0.15) is 36.3 Å². The van der Waals surface area contributed by atoms with Gasteiger partial charge >= 0.3 is 149 Å². The number of halogens is 4. The second-order valence-electron chi connectivity index (χ2n) is 10.4. The Morgan fingerprint density at radius 2 is 1.07 bits per heavy atom. The molecular formula is C33H50Cs2F4N6O10. The van der Waals surface area contributed by atoms with Crippen LogP contribution in [0.3, 0.4) is 0 Å². The molecule has 0 heterocycles. The Morgan fingerprint density at radius 1 is 0.709 bits per heavy atom. The Kier molecular flexibility index (Phi) is 45.6. The maximum Gasteiger partial charge on any atom is 1.00 e. The molecule has 0 bridgehead atoms. The van der Waals surface area contributed by atoms with Gasteiger partial charge in [-0.2, -0.15) is 8.78 Å². The van der Waals surface area contributed by atoms with Gasteiger partial charge in [-0.25, -0.2) is 8.78 Å². The minimum absolute atomic E-state index is 0. The second kappa shape index (κ2) is 39.8. The molecule has 302 valence electrons. The van der Waals surface area contributed by atoms with E-state index >= 15 is 0 Å². The van der Waals surface area contributed by atoms with E-state index in [1.807, 2.05) is 70.8 Å². The molecule has 22 heteroatoms. The number of benzene rings is 3. The van der Waals surface area contributed by atoms with Gasteiger partial charge < -0.3 is 46.6 Å². The summed E-state index contributed by atoms with van der Waals surface area (Å²) in [5.41, 5.74) is 4.21.